The molecule has 1 amide bonds. The lowest BCUT2D eigenvalue weighted by atomic mass is 10.2. The Hall–Kier alpha value is -1.85. The number of nitrogens with zero attached hydrogens (tertiary/aromatic N) is 1. The zero-order chi connectivity index (χ0) is 14.8. The fourth-order valence-electron chi connectivity index (χ4n) is 1.84. The molecular weight excluding hydrogens is 256 g/mol. The third kappa shape index (κ3) is 5.03. The number of rotatable bonds is 9. The van der Waals surface area contributed by atoms with Crippen LogP contribution in [0, 0.1) is 0 Å². The molecule has 0 bridgehead atoms. The van der Waals surface area contributed by atoms with Gasteiger partial charge in [-0.2, -0.15) is 0 Å². The van der Waals surface area contributed by atoms with Crippen molar-refractivity contribution >= 4 is 5.91 Å². The normalized spacial score (nSPS) is 10.1. The van der Waals surface area contributed by atoms with Gasteiger partial charge in [0.15, 0.2) is 0 Å². The van der Waals surface area contributed by atoms with E-state index >= 15 is 0 Å². The molecule has 0 aliphatic carbocycles. The fourth-order valence-corrected chi connectivity index (χ4v) is 1.84. The molecule has 0 aromatic heterocycles. The van der Waals surface area contributed by atoms with Gasteiger partial charge >= 0.3 is 0 Å². The van der Waals surface area contributed by atoms with E-state index in [4.69, 9.17) is 9.84 Å². The van der Waals surface area contributed by atoms with Gasteiger partial charge in [0.1, 0.15) is 5.75 Å². The van der Waals surface area contributed by atoms with E-state index in [2.05, 4.69) is 11.9 Å². The second-order valence-corrected chi connectivity index (χ2v) is 4.27. The van der Waals surface area contributed by atoms with E-state index in [0.717, 1.165) is 11.3 Å². The van der Waals surface area contributed by atoms with Gasteiger partial charge in [0.2, 0.25) is 5.91 Å². The van der Waals surface area contributed by atoms with Crippen LogP contribution in [0.3, 0.4) is 0 Å². The smallest absolute Gasteiger partial charge is 0.236 e. The minimum absolute atomic E-state index is 0.0631. The number of nitrogens with one attached hydrogen (secondary N) is 1. The van der Waals surface area contributed by atoms with Crippen molar-refractivity contribution in [2.75, 3.05) is 33.4 Å². The van der Waals surface area contributed by atoms with Crippen LogP contribution in [0.15, 0.2) is 36.9 Å². The number of aliphatic hydroxyl groups excluding tert-OH is 1. The van der Waals surface area contributed by atoms with E-state index in [0.29, 0.717) is 19.6 Å². The maximum atomic E-state index is 12.1. The highest BCUT2D eigenvalue weighted by molar-refractivity contribution is 5.78. The van der Waals surface area contributed by atoms with Crippen molar-refractivity contribution < 1.29 is 14.6 Å². The quantitative estimate of drug-likeness (QED) is 0.518. The van der Waals surface area contributed by atoms with E-state index in [1.165, 1.54) is 0 Å². The Morgan fingerprint density at radius 1 is 1.50 bits per heavy atom. The minimum atomic E-state index is -0.0671. The van der Waals surface area contributed by atoms with E-state index in [1.54, 1.807) is 18.1 Å². The SMILES string of the molecule is C=CCNCC(=O)N(CCO)Cc1ccccc1OC. The third-order valence-electron chi connectivity index (χ3n) is 2.84. The summed E-state index contributed by atoms with van der Waals surface area (Å²) in [5, 5.41) is 12.1. The number of hydrogen-bond acceptors (Lipinski definition) is 4. The maximum absolute atomic E-state index is 12.1. The molecule has 0 fully saturated rings. The Morgan fingerprint density at radius 2 is 2.25 bits per heavy atom. The van der Waals surface area contributed by atoms with Crippen LogP contribution in [-0.2, 0) is 11.3 Å². The Kier molecular flexibility index (Phi) is 7.39. The second-order valence-electron chi connectivity index (χ2n) is 4.27. The first-order chi connectivity index (χ1) is 9.72. The third-order valence-corrected chi connectivity index (χ3v) is 2.84. The molecule has 0 spiro atoms. The molecular formula is C15H22N2O3. The fraction of sp³-hybridized carbons (Fsp3) is 0.400. The summed E-state index contributed by atoms with van der Waals surface area (Å²) in [5.74, 6) is 0.675. The first-order valence-electron chi connectivity index (χ1n) is 6.55. The van der Waals surface area contributed by atoms with Gasteiger partial charge in [0.05, 0.1) is 20.3 Å². The van der Waals surface area contributed by atoms with Crippen molar-refractivity contribution in [1.82, 2.24) is 10.2 Å². The van der Waals surface area contributed by atoms with Crippen LogP contribution in [0.1, 0.15) is 5.56 Å². The van der Waals surface area contributed by atoms with Crippen molar-refractivity contribution in [3.63, 3.8) is 0 Å². The van der Waals surface area contributed by atoms with Crippen molar-refractivity contribution in [1.29, 1.82) is 0 Å². The molecule has 2 N–H and O–H groups in total. The summed E-state index contributed by atoms with van der Waals surface area (Å²) in [4.78, 5) is 13.7. The average molecular weight is 278 g/mol. The first kappa shape index (κ1) is 16.2. The maximum Gasteiger partial charge on any atom is 0.236 e. The Morgan fingerprint density at radius 3 is 2.90 bits per heavy atom. The lowest BCUT2D eigenvalue weighted by Gasteiger charge is -2.23. The largest absolute Gasteiger partial charge is 0.496 e. The van der Waals surface area contributed by atoms with Gasteiger partial charge in [-0.3, -0.25) is 4.79 Å². The molecule has 0 aliphatic rings. The van der Waals surface area contributed by atoms with Crippen LogP contribution in [-0.4, -0.2) is 49.3 Å². The Labute approximate surface area is 119 Å². The van der Waals surface area contributed by atoms with Crippen molar-refractivity contribution in [3.05, 3.63) is 42.5 Å². The highest BCUT2D eigenvalue weighted by atomic mass is 16.5. The number of methoxy groups -OCH3 is 1. The Bertz CT molecular complexity index is 435. The van der Waals surface area contributed by atoms with Gasteiger partial charge in [-0.25, -0.2) is 0 Å². The van der Waals surface area contributed by atoms with Crippen LogP contribution in [0.2, 0.25) is 0 Å². The van der Waals surface area contributed by atoms with Gasteiger partial charge in [-0.15, -0.1) is 6.58 Å². The summed E-state index contributed by atoms with van der Waals surface area (Å²) < 4.78 is 5.27. The highest BCUT2D eigenvalue weighted by Gasteiger charge is 2.14. The molecule has 0 saturated heterocycles. The standard InChI is InChI=1S/C15H22N2O3/c1-3-8-16-11-15(19)17(9-10-18)12-13-6-4-5-7-14(13)20-2/h3-7,16,18H,1,8-12H2,2H3. The summed E-state index contributed by atoms with van der Waals surface area (Å²) in [7, 11) is 1.60. The molecule has 0 radical (unpaired) electrons. The summed E-state index contributed by atoms with van der Waals surface area (Å²) in [5.41, 5.74) is 0.917. The number of benzene rings is 1. The molecule has 0 unspecified atom stereocenters. The molecule has 1 rings (SSSR count). The predicted molar refractivity (Wildman–Crippen MR) is 78.6 cm³/mol. The van der Waals surface area contributed by atoms with E-state index in [1.807, 2.05) is 24.3 Å². The predicted octanol–water partition coefficient (Wildman–Crippen LogP) is 0.792. The average Bonchev–Trinajstić information content (AvgIpc) is 2.47. The zero-order valence-electron chi connectivity index (χ0n) is 11.8. The van der Waals surface area contributed by atoms with Gasteiger partial charge in [0.25, 0.3) is 0 Å². The number of amides is 1. The van der Waals surface area contributed by atoms with Crippen LogP contribution in [0.25, 0.3) is 0 Å². The van der Waals surface area contributed by atoms with Crippen molar-refractivity contribution in [2.24, 2.45) is 0 Å². The number of hydrogen-bond donors (Lipinski definition) is 2. The van der Waals surface area contributed by atoms with Crippen LogP contribution >= 0.6 is 0 Å². The molecule has 110 valence electrons. The molecule has 0 aliphatic heterocycles. The van der Waals surface area contributed by atoms with Crippen LogP contribution < -0.4 is 10.1 Å². The van der Waals surface area contributed by atoms with E-state index in [9.17, 15) is 4.79 Å². The van der Waals surface area contributed by atoms with E-state index < -0.39 is 0 Å². The molecule has 5 nitrogen and oxygen atoms in total. The summed E-state index contributed by atoms with van der Waals surface area (Å²) in [6.07, 6.45) is 1.70. The Balaban J connectivity index is 2.70. The zero-order valence-corrected chi connectivity index (χ0v) is 11.8. The van der Waals surface area contributed by atoms with Gasteiger partial charge in [-0.1, -0.05) is 24.3 Å². The van der Waals surface area contributed by atoms with Crippen molar-refractivity contribution in [3.8, 4) is 5.75 Å². The molecule has 0 saturated carbocycles. The lowest BCUT2D eigenvalue weighted by Crippen LogP contribution is -2.39. The summed E-state index contributed by atoms with van der Waals surface area (Å²) >= 11 is 0. The molecule has 1 aromatic carbocycles. The van der Waals surface area contributed by atoms with E-state index in [-0.39, 0.29) is 19.1 Å². The summed E-state index contributed by atoms with van der Waals surface area (Å²) in [6.45, 7) is 5.03. The van der Waals surface area contributed by atoms with Gasteiger partial charge < -0.3 is 20.1 Å². The molecule has 5 heteroatoms. The first-order valence-corrected chi connectivity index (χ1v) is 6.55. The molecule has 20 heavy (non-hydrogen) atoms. The second kappa shape index (κ2) is 9.12. The molecule has 0 atom stereocenters. The van der Waals surface area contributed by atoms with Crippen LogP contribution in [0.4, 0.5) is 0 Å². The van der Waals surface area contributed by atoms with Crippen molar-refractivity contribution in [2.45, 2.75) is 6.54 Å². The lowest BCUT2D eigenvalue weighted by molar-refractivity contribution is -0.131. The van der Waals surface area contributed by atoms with Gasteiger partial charge in [-0.05, 0) is 6.07 Å². The number of carbonyl (C=O) groups excluding carboxylic acids is 1. The number of carbonyl (C=O) groups is 1. The minimum Gasteiger partial charge on any atom is -0.496 e. The van der Waals surface area contributed by atoms with Crippen LogP contribution in [0.5, 0.6) is 5.75 Å². The number of ether oxygens (including phenoxy) is 1. The van der Waals surface area contributed by atoms with Gasteiger partial charge in [0, 0.05) is 25.2 Å². The summed E-state index contributed by atoms with van der Waals surface area (Å²) in [6, 6.07) is 7.54. The molecule has 1 aromatic rings. The number of aliphatic hydroxyl groups is 1. The topological polar surface area (TPSA) is 61.8 Å². The molecule has 0 heterocycles. The highest BCUT2D eigenvalue weighted by Crippen LogP contribution is 2.19. The number of para-hydroxylation sites is 1. The monoisotopic (exact) mass is 278 g/mol.